The van der Waals surface area contributed by atoms with Crippen LogP contribution in [-0.2, 0) is 0 Å². The second-order valence-electron chi connectivity index (χ2n) is 3.63. The average Bonchev–Trinajstić information content (AvgIpc) is 2.34. The molecule has 1 unspecified atom stereocenters. The lowest BCUT2D eigenvalue weighted by molar-refractivity contribution is 0.687. The summed E-state index contributed by atoms with van der Waals surface area (Å²) in [7, 11) is 0. The topological polar surface area (TPSA) is 59.6 Å². The van der Waals surface area contributed by atoms with Crippen molar-refractivity contribution in [1.82, 2.24) is 0 Å². The molecule has 0 saturated carbocycles. The van der Waals surface area contributed by atoms with Crippen molar-refractivity contribution >= 4 is 5.69 Å². The Kier molecular flexibility index (Phi) is 4.89. The zero-order valence-corrected chi connectivity index (χ0v) is 9.40. The predicted molar refractivity (Wildman–Crippen MR) is 63.7 cm³/mol. The minimum absolute atomic E-state index is 0.213. The van der Waals surface area contributed by atoms with Crippen LogP contribution >= 0.6 is 0 Å². The summed E-state index contributed by atoms with van der Waals surface area (Å²) in [6.45, 7) is 2.09. The van der Waals surface area contributed by atoms with Gasteiger partial charge < -0.3 is 5.32 Å². The van der Waals surface area contributed by atoms with Gasteiger partial charge in [0.25, 0.3) is 0 Å². The number of unbranched alkanes of at least 4 members (excludes halogenated alkanes) is 1. The van der Waals surface area contributed by atoms with Crippen molar-refractivity contribution in [2.75, 3.05) is 5.32 Å². The highest BCUT2D eigenvalue weighted by Crippen LogP contribution is 2.16. The molecule has 1 atom stereocenters. The Hall–Kier alpha value is -2.00. The van der Waals surface area contributed by atoms with E-state index >= 15 is 0 Å². The first-order chi connectivity index (χ1) is 7.81. The van der Waals surface area contributed by atoms with E-state index in [1.54, 1.807) is 6.07 Å². The number of hydrogen-bond acceptors (Lipinski definition) is 3. The van der Waals surface area contributed by atoms with Crippen LogP contribution < -0.4 is 5.32 Å². The summed E-state index contributed by atoms with van der Waals surface area (Å²) in [5, 5.41) is 21.0. The second kappa shape index (κ2) is 6.48. The van der Waals surface area contributed by atoms with Gasteiger partial charge in [-0.05, 0) is 18.6 Å². The Morgan fingerprint density at radius 3 is 2.69 bits per heavy atom. The molecule has 0 aliphatic rings. The molecule has 0 aromatic heterocycles. The molecule has 1 aromatic rings. The third-order valence-corrected chi connectivity index (χ3v) is 2.38. The number of nitrogens with zero attached hydrogens (tertiary/aromatic N) is 2. The maximum absolute atomic E-state index is 8.98. The van der Waals surface area contributed by atoms with Gasteiger partial charge in [-0.2, -0.15) is 10.5 Å². The van der Waals surface area contributed by atoms with E-state index in [1.807, 2.05) is 18.2 Å². The summed E-state index contributed by atoms with van der Waals surface area (Å²) < 4.78 is 0. The molecule has 0 radical (unpaired) electrons. The molecule has 1 N–H and O–H groups in total. The Morgan fingerprint density at radius 1 is 1.31 bits per heavy atom. The molecule has 0 saturated heterocycles. The van der Waals surface area contributed by atoms with Crippen LogP contribution in [0.1, 0.15) is 31.7 Å². The first kappa shape index (κ1) is 12.1. The maximum Gasteiger partial charge on any atom is 0.114 e. The van der Waals surface area contributed by atoms with Crippen LogP contribution in [0.5, 0.6) is 0 Å². The zero-order valence-electron chi connectivity index (χ0n) is 9.40. The number of rotatable bonds is 5. The number of benzene rings is 1. The van der Waals surface area contributed by atoms with Gasteiger partial charge in [0, 0.05) is 0 Å². The van der Waals surface area contributed by atoms with Crippen molar-refractivity contribution < 1.29 is 0 Å². The molecular formula is C13H15N3. The van der Waals surface area contributed by atoms with Gasteiger partial charge in [-0.3, -0.25) is 0 Å². The Balaban J connectivity index is 2.71. The van der Waals surface area contributed by atoms with Gasteiger partial charge in [-0.1, -0.05) is 31.9 Å². The lowest BCUT2D eigenvalue weighted by Gasteiger charge is -2.13. The van der Waals surface area contributed by atoms with Crippen molar-refractivity contribution in [2.24, 2.45) is 0 Å². The average molecular weight is 213 g/mol. The Labute approximate surface area is 96.3 Å². The van der Waals surface area contributed by atoms with Crippen molar-refractivity contribution in [2.45, 2.75) is 32.2 Å². The predicted octanol–water partition coefficient (Wildman–Crippen LogP) is 3.05. The summed E-state index contributed by atoms with van der Waals surface area (Å²) in [5.74, 6) is 0. The first-order valence-electron chi connectivity index (χ1n) is 5.47. The lowest BCUT2D eigenvalue weighted by Crippen LogP contribution is -2.17. The summed E-state index contributed by atoms with van der Waals surface area (Å²) in [4.78, 5) is 0. The zero-order chi connectivity index (χ0) is 11.8. The van der Waals surface area contributed by atoms with Crippen LogP contribution in [0.25, 0.3) is 0 Å². The number of para-hydroxylation sites is 1. The third kappa shape index (κ3) is 3.29. The Bertz CT molecular complexity index is 412. The minimum Gasteiger partial charge on any atom is -0.369 e. The van der Waals surface area contributed by atoms with Crippen molar-refractivity contribution in [3.8, 4) is 12.1 Å². The van der Waals surface area contributed by atoms with Crippen molar-refractivity contribution in [3.63, 3.8) is 0 Å². The fourth-order valence-electron chi connectivity index (χ4n) is 1.47. The van der Waals surface area contributed by atoms with Gasteiger partial charge >= 0.3 is 0 Å². The van der Waals surface area contributed by atoms with E-state index in [0.29, 0.717) is 5.56 Å². The number of anilines is 1. The highest BCUT2D eigenvalue weighted by Gasteiger charge is 2.08. The molecule has 16 heavy (non-hydrogen) atoms. The molecule has 1 rings (SSSR count). The van der Waals surface area contributed by atoms with Gasteiger partial charge in [-0.15, -0.1) is 0 Å². The minimum atomic E-state index is -0.213. The molecule has 0 bridgehead atoms. The summed E-state index contributed by atoms with van der Waals surface area (Å²) in [6, 6.07) is 11.4. The van der Waals surface area contributed by atoms with Crippen LogP contribution in [0.15, 0.2) is 24.3 Å². The van der Waals surface area contributed by atoms with Crippen molar-refractivity contribution in [1.29, 1.82) is 10.5 Å². The normalized spacial score (nSPS) is 11.2. The summed E-state index contributed by atoms with van der Waals surface area (Å²) in [6.07, 6.45) is 2.90. The van der Waals surface area contributed by atoms with Gasteiger partial charge in [0.15, 0.2) is 0 Å². The van der Waals surface area contributed by atoms with E-state index in [2.05, 4.69) is 24.4 Å². The molecule has 3 heteroatoms. The number of hydrogen-bond donors (Lipinski definition) is 1. The number of nitriles is 2. The van der Waals surface area contributed by atoms with Crippen LogP contribution in [0.3, 0.4) is 0 Å². The monoisotopic (exact) mass is 213 g/mol. The fourth-order valence-corrected chi connectivity index (χ4v) is 1.47. The van der Waals surface area contributed by atoms with Crippen molar-refractivity contribution in [3.05, 3.63) is 29.8 Å². The standard InChI is InChI=1S/C13H15N3/c1-2-3-7-12(10-15)16-13-8-5-4-6-11(13)9-14/h4-6,8,12,16H,2-3,7H2,1H3. The largest absolute Gasteiger partial charge is 0.369 e. The van der Waals surface area contributed by atoms with E-state index in [9.17, 15) is 0 Å². The van der Waals surface area contributed by atoms with E-state index < -0.39 is 0 Å². The van der Waals surface area contributed by atoms with Gasteiger partial charge in [0.1, 0.15) is 12.1 Å². The van der Waals surface area contributed by atoms with Crippen LogP contribution in [-0.4, -0.2) is 6.04 Å². The second-order valence-corrected chi connectivity index (χ2v) is 3.63. The van der Waals surface area contributed by atoms with E-state index in [-0.39, 0.29) is 6.04 Å². The summed E-state index contributed by atoms with van der Waals surface area (Å²) >= 11 is 0. The molecule has 0 heterocycles. The number of nitrogens with one attached hydrogen (secondary N) is 1. The third-order valence-electron chi connectivity index (χ3n) is 2.38. The highest BCUT2D eigenvalue weighted by atomic mass is 14.9. The van der Waals surface area contributed by atoms with Crippen LogP contribution in [0.2, 0.25) is 0 Å². The molecule has 1 aromatic carbocycles. The quantitative estimate of drug-likeness (QED) is 0.817. The van der Waals surface area contributed by atoms with E-state index in [1.165, 1.54) is 0 Å². The SMILES string of the molecule is CCCCC(C#N)Nc1ccccc1C#N. The van der Waals surface area contributed by atoms with Crippen LogP contribution in [0, 0.1) is 22.7 Å². The molecule has 0 aliphatic carbocycles. The molecule has 3 nitrogen and oxygen atoms in total. The summed E-state index contributed by atoms with van der Waals surface area (Å²) in [5.41, 5.74) is 1.33. The smallest absolute Gasteiger partial charge is 0.114 e. The van der Waals surface area contributed by atoms with Gasteiger partial charge in [0.2, 0.25) is 0 Å². The molecule has 0 aliphatic heterocycles. The van der Waals surface area contributed by atoms with E-state index in [4.69, 9.17) is 10.5 Å². The molecule has 0 fully saturated rings. The molecular weight excluding hydrogens is 198 g/mol. The maximum atomic E-state index is 8.98. The first-order valence-corrected chi connectivity index (χ1v) is 5.47. The fraction of sp³-hybridized carbons (Fsp3) is 0.385. The molecule has 0 amide bonds. The lowest BCUT2D eigenvalue weighted by atomic mass is 10.1. The molecule has 0 spiro atoms. The van der Waals surface area contributed by atoms with Gasteiger partial charge in [-0.25, -0.2) is 0 Å². The Morgan fingerprint density at radius 2 is 2.06 bits per heavy atom. The molecule has 82 valence electrons. The van der Waals surface area contributed by atoms with E-state index in [0.717, 1.165) is 24.9 Å². The highest BCUT2D eigenvalue weighted by molar-refractivity contribution is 5.58. The van der Waals surface area contributed by atoms with Crippen LogP contribution in [0.4, 0.5) is 5.69 Å². The van der Waals surface area contributed by atoms with Gasteiger partial charge in [0.05, 0.1) is 17.3 Å².